The lowest BCUT2D eigenvalue weighted by molar-refractivity contribution is 1.37. The number of nitrogens with zero attached hydrogens (tertiary/aromatic N) is 3. The normalized spacial score (nSPS) is 11.6. The van der Waals surface area contributed by atoms with Crippen molar-refractivity contribution in [3.8, 4) is 33.6 Å². The van der Waals surface area contributed by atoms with E-state index >= 15 is 0 Å². The predicted molar refractivity (Wildman–Crippen MR) is 184 cm³/mol. The summed E-state index contributed by atoms with van der Waals surface area (Å²) in [6.07, 6.45) is 0. The number of hydrogen-bond donors (Lipinski definition) is 0. The van der Waals surface area contributed by atoms with Crippen LogP contribution in [0.15, 0.2) is 152 Å². The first-order valence-corrected chi connectivity index (χ1v) is 14.9. The van der Waals surface area contributed by atoms with Crippen LogP contribution in [0.5, 0.6) is 0 Å². The maximum absolute atomic E-state index is 5.19. The molecule has 3 nitrogen and oxygen atoms in total. The smallest absolute Gasteiger partial charge is 0.0972 e. The summed E-state index contributed by atoms with van der Waals surface area (Å²) < 4.78 is 0. The fourth-order valence-corrected chi connectivity index (χ4v) is 6.32. The van der Waals surface area contributed by atoms with Crippen molar-refractivity contribution < 1.29 is 0 Å². The van der Waals surface area contributed by atoms with E-state index in [2.05, 4.69) is 146 Å². The van der Waals surface area contributed by atoms with Crippen molar-refractivity contribution in [1.82, 2.24) is 15.0 Å². The van der Waals surface area contributed by atoms with Gasteiger partial charge in [-0.1, -0.05) is 115 Å². The third kappa shape index (κ3) is 4.10. The Hall–Kier alpha value is -5.93. The summed E-state index contributed by atoms with van der Waals surface area (Å²) in [6.45, 7) is 0. The van der Waals surface area contributed by atoms with Crippen LogP contribution in [0.25, 0.3) is 88.0 Å². The van der Waals surface area contributed by atoms with Crippen molar-refractivity contribution in [1.29, 1.82) is 0 Å². The van der Waals surface area contributed by atoms with E-state index in [0.717, 1.165) is 71.7 Å². The van der Waals surface area contributed by atoms with Crippen LogP contribution in [-0.2, 0) is 0 Å². The van der Waals surface area contributed by atoms with E-state index in [1.54, 1.807) is 0 Å². The number of pyridine rings is 3. The minimum Gasteiger partial charge on any atom is -0.248 e. The quantitative estimate of drug-likeness (QED) is 0.160. The molecule has 0 spiro atoms. The van der Waals surface area contributed by atoms with Gasteiger partial charge in [-0.3, -0.25) is 0 Å². The second-order valence-electron chi connectivity index (χ2n) is 11.3. The molecule has 3 heteroatoms. The maximum Gasteiger partial charge on any atom is 0.0972 e. The van der Waals surface area contributed by atoms with Gasteiger partial charge < -0.3 is 0 Å². The number of rotatable bonds is 3. The zero-order chi connectivity index (χ0) is 29.0. The Bertz CT molecular complexity index is 2540. The largest absolute Gasteiger partial charge is 0.248 e. The summed E-state index contributed by atoms with van der Waals surface area (Å²) in [5.74, 6) is 0. The molecular weight excluding hydrogens is 534 g/mol. The molecule has 0 bridgehead atoms. The summed E-state index contributed by atoms with van der Waals surface area (Å²) in [5, 5.41) is 6.87. The molecule has 204 valence electrons. The molecule has 0 unspecified atom stereocenters. The molecule has 3 aromatic heterocycles. The molecule has 9 aromatic rings. The predicted octanol–water partition coefficient (Wildman–Crippen LogP) is 10.6. The molecule has 9 rings (SSSR count). The Balaban J connectivity index is 1.11. The van der Waals surface area contributed by atoms with Crippen molar-refractivity contribution in [2.75, 3.05) is 0 Å². The molecule has 44 heavy (non-hydrogen) atoms. The standard InChI is InChI=1S/C41H25N3/c1-3-9-34-27(6-1)8-5-10-35(34)39-23-19-30-17-16-29-18-21-37(43-40(29)41(30)44-39)28-14-12-26(13-15-28)31-20-22-38-33(24-31)25-32-7-2-4-11-36(32)42-38/h1-25H. The Morgan fingerprint density at radius 3 is 1.77 bits per heavy atom. The van der Waals surface area contributed by atoms with Crippen LogP contribution in [0.2, 0.25) is 0 Å². The lowest BCUT2D eigenvalue weighted by atomic mass is 9.99. The highest BCUT2D eigenvalue weighted by Crippen LogP contribution is 2.33. The molecule has 6 aromatic carbocycles. The monoisotopic (exact) mass is 559 g/mol. The van der Waals surface area contributed by atoms with Gasteiger partial charge in [-0.2, -0.15) is 0 Å². The number of aromatic nitrogens is 3. The molecule has 3 heterocycles. The van der Waals surface area contributed by atoms with Gasteiger partial charge in [0.1, 0.15) is 0 Å². The second-order valence-corrected chi connectivity index (χ2v) is 11.3. The van der Waals surface area contributed by atoms with Gasteiger partial charge >= 0.3 is 0 Å². The average molecular weight is 560 g/mol. The van der Waals surface area contributed by atoms with Crippen LogP contribution < -0.4 is 0 Å². The highest BCUT2D eigenvalue weighted by Gasteiger charge is 2.11. The van der Waals surface area contributed by atoms with Gasteiger partial charge in [0, 0.05) is 32.7 Å². The van der Waals surface area contributed by atoms with Crippen LogP contribution in [0.1, 0.15) is 0 Å². The fourth-order valence-electron chi connectivity index (χ4n) is 6.32. The molecule has 0 aliphatic rings. The van der Waals surface area contributed by atoms with Gasteiger partial charge in [0.15, 0.2) is 0 Å². The van der Waals surface area contributed by atoms with E-state index in [0.29, 0.717) is 0 Å². The minimum atomic E-state index is 0.917. The van der Waals surface area contributed by atoms with Crippen LogP contribution in [0.3, 0.4) is 0 Å². The average Bonchev–Trinajstić information content (AvgIpc) is 3.10. The Kier molecular flexibility index (Phi) is 5.50. The number of para-hydroxylation sites is 1. The molecule has 0 N–H and O–H groups in total. The van der Waals surface area contributed by atoms with Crippen molar-refractivity contribution >= 4 is 54.4 Å². The van der Waals surface area contributed by atoms with Crippen molar-refractivity contribution in [3.05, 3.63) is 152 Å². The molecule has 0 aliphatic heterocycles. The van der Waals surface area contributed by atoms with E-state index in [4.69, 9.17) is 15.0 Å². The van der Waals surface area contributed by atoms with E-state index in [-0.39, 0.29) is 0 Å². The first-order chi connectivity index (χ1) is 21.8. The van der Waals surface area contributed by atoms with Crippen molar-refractivity contribution in [2.45, 2.75) is 0 Å². The second kappa shape index (κ2) is 9.82. The third-order valence-electron chi connectivity index (χ3n) is 8.62. The first-order valence-electron chi connectivity index (χ1n) is 14.9. The van der Waals surface area contributed by atoms with Crippen LogP contribution >= 0.6 is 0 Å². The van der Waals surface area contributed by atoms with E-state index in [1.165, 1.54) is 16.3 Å². The lowest BCUT2D eigenvalue weighted by Gasteiger charge is -2.10. The molecule has 0 aliphatic carbocycles. The number of hydrogen-bond acceptors (Lipinski definition) is 3. The van der Waals surface area contributed by atoms with Crippen LogP contribution in [0, 0.1) is 0 Å². The Labute approximate surface area is 254 Å². The topological polar surface area (TPSA) is 38.7 Å². The SMILES string of the molecule is c1ccc2nc3ccc(-c4ccc(-c5ccc6ccc7ccc(-c8cccc9ccccc89)nc7c6n5)cc4)cc3cc2c1. The van der Waals surface area contributed by atoms with Gasteiger partial charge in [0.25, 0.3) is 0 Å². The highest BCUT2D eigenvalue weighted by atomic mass is 14.8. The molecule has 0 radical (unpaired) electrons. The number of fused-ring (bicyclic) bond motifs is 6. The van der Waals surface area contributed by atoms with E-state index < -0.39 is 0 Å². The fraction of sp³-hybridized carbons (Fsp3) is 0. The summed E-state index contributed by atoms with van der Waals surface area (Å²) in [4.78, 5) is 15.2. The zero-order valence-electron chi connectivity index (χ0n) is 23.8. The summed E-state index contributed by atoms with van der Waals surface area (Å²) in [5.41, 5.74) is 10.3. The zero-order valence-corrected chi connectivity index (χ0v) is 23.8. The van der Waals surface area contributed by atoms with Gasteiger partial charge in [-0.05, 0) is 58.3 Å². The van der Waals surface area contributed by atoms with Gasteiger partial charge in [-0.15, -0.1) is 0 Å². The summed E-state index contributed by atoms with van der Waals surface area (Å²) in [7, 11) is 0. The minimum absolute atomic E-state index is 0.917. The Morgan fingerprint density at radius 2 is 0.932 bits per heavy atom. The lowest BCUT2D eigenvalue weighted by Crippen LogP contribution is -1.91. The molecule has 0 saturated heterocycles. The summed E-state index contributed by atoms with van der Waals surface area (Å²) in [6, 6.07) is 53.3. The van der Waals surface area contributed by atoms with Gasteiger partial charge in [0.2, 0.25) is 0 Å². The van der Waals surface area contributed by atoms with Crippen LogP contribution in [-0.4, -0.2) is 15.0 Å². The van der Waals surface area contributed by atoms with E-state index in [9.17, 15) is 0 Å². The first kappa shape index (κ1) is 24.6. The third-order valence-corrected chi connectivity index (χ3v) is 8.62. The molecular formula is C41H25N3. The molecule has 0 fully saturated rings. The van der Waals surface area contributed by atoms with Crippen molar-refractivity contribution in [3.63, 3.8) is 0 Å². The van der Waals surface area contributed by atoms with Crippen molar-refractivity contribution in [2.24, 2.45) is 0 Å². The number of benzene rings is 6. The highest BCUT2D eigenvalue weighted by molar-refractivity contribution is 6.05. The Morgan fingerprint density at radius 1 is 0.318 bits per heavy atom. The molecule has 0 saturated carbocycles. The maximum atomic E-state index is 5.19. The molecule has 0 amide bonds. The van der Waals surface area contributed by atoms with Gasteiger partial charge in [0.05, 0.1) is 33.5 Å². The van der Waals surface area contributed by atoms with E-state index in [1.807, 2.05) is 6.07 Å². The van der Waals surface area contributed by atoms with Gasteiger partial charge in [-0.25, -0.2) is 15.0 Å². The molecule has 0 atom stereocenters. The summed E-state index contributed by atoms with van der Waals surface area (Å²) >= 11 is 0. The van der Waals surface area contributed by atoms with Crippen LogP contribution in [0.4, 0.5) is 0 Å².